The van der Waals surface area contributed by atoms with Crippen LogP contribution < -0.4 is 24.7 Å². The van der Waals surface area contributed by atoms with Gasteiger partial charge in [-0.2, -0.15) is 0 Å². The van der Waals surface area contributed by atoms with Crippen molar-refractivity contribution in [3.63, 3.8) is 0 Å². The molecule has 0 spiro atoms. The van der Waals surface area contributed by atoms with Crippen LogP contribution in [0.4, 0.5) is 28.4 Å². The molecule has 0 saturated carbocycles. The average Bonchev–Trinajstić information content (AvgIpc) is 2.97. The van der Waals surface area contributed by atoms with Gasteiger partial charge >= 0.3 is 0 Å². The highest BCUT2D eigenvalue weighted by atomic mass is 16.5. The minimum Gasteiger partial charge on any atom is -0.505 e. The molecule has 0 aliphatic carbocycles. The lowest BCUT2D eigenvalue weighted by atomic mass is 10.1. The number of ether oxygens (including phenoxy) is 4. The summed E-state index contributed by atoms with van der Waals surface area (Å²) in [4.78, 5) is 0. The number of nitrogens with zero attached hydrogens (tertiary/aromatic N) is 4. The Labute approximate surface area is 229 Å². The maximum Gasteiger partial charge on any atom is 0.150 e. The number of nitrogens with two attached hydrogens (primary N) is 1. The van der Waals surface area contributed by atoms with Crippen molar-refractivity contribution in [3.8, 4) is 28.7 Å². The van der Waals surface area contributed by atoms with Crippen molar-refractivity contribution in [3.05, 3.63) is 60.7 Å². The van der Waals surface area contributed by atoms with E-state index in [1.54, 1.807) is 60.7 Å². The molecule has 0 aromatic heterocycles. The molecule has 4 aromatic rings. The Kier molecular flexibility index (Phi) is 9.28. The minimum atomic E-state index is -0.190. The number of phenolic OH excluding ortho intramolecular Hbond substituents is 1. The zero-order valence-corrected chi connectivity index (χ0v) is 21.9. The number of anilines is 1. The van der Waals surface area contributed by atoms with Gasteiger partial charge < -0.3 is 40.0 Å². The van der Waals surface area contributed by atoms with Crippen molar-refractivity contribution >= 4 is 39.2 Å². The number of rotatable bonds is 12. The number of azo groups is 2. The van der Waals surface area contributed by atoms with Crippen LogP contribution >= 0.6 is 0 Å². The second-order valence-corrected chi connectivity index (χ2v) is 8.28. The van der Waals surface area contributed by atoms with E-state index >= 15 is 0 Å². The van der Waals surface area contributed by atoms with E-state index in [9.17, 15) is 5.11 Å². The van der Waals surface area contributed by atoms with Gasteiger partial charge in [-0.3, -0.25) is 0 Å². The van der Waals surface area contributed by atoms with Gasteiger partial charge in [0.2, 0.25) is 0 Å². The van der Waals surface area contributed by atoms with E-state index in [0.29, 0.717) is 51.1 Å². The molecule has 0 fully saturated rings. The first-order chi connectivity index (χ1) is 19.5. The van der Waals surface area contributed by atoms with E-state index in [-0.39, 0.29) is 37.9 Å². The van der Waals surface area contributed by atoms with Crippen LogP contribution in [0.25, 0.3) is 10.8 Å². The van der Waals surface area contributed by atoms with Crippen molar-refractivity contribution in [1.82, 2.24) is 0 Å². The standard InChI is InChI=1S/C28H29N5O7/c1-37-25-16-24(33-31-22-7-3-17-13-18(29)4-6-20(17)28(22)36)26(38-2)15-23(25)32-30-21-8-5-19(39-11-9-34)14-27(21)40-12-10-35/h3-8,13-16,34-36H,9-12,29H2,1-2H3. The van der Waals surface area contributed by atoms with Crippen LogP contribution in [-0.4, -0.2) is 56.0 Å². The van der Waals surface area contributed by atoms with Gasteiger partial charge in [0.25, 0.3) is 0 Å². The Balaban J connectivity index is 1.64. The van der Waals surface area contributed by atoms with Crippen LogP contribution in [0, 0.1) is 0 Å². The van der Waals surface area contributed by atoms with Crippen LogP contribution in [0.3, 0.4) is 0 Å². The Morgan fingerprint density at radius 1 is 0.650 bits per heavy atom. The number of hydrogen-bond donors (Lipinski definition) is 4. The monoisotopic (exact) mass is 547 g/mol. The molecule has 0 aliphatic rings. The molecule has 0 amide bonds. The van der Waals surface area contributed by atoms with Crippen molar-refractivity contribution < 1.29 is 34.3 Å². The van der Waals surface area contributed by atoms with Gasteiger partial charge in [-0.1, -0.05) is 6.07 Å². The summed E-state index contributed by atoms with van der Waals surface area (Å²) < 4.78 is 22.0. The highest BCUT2D eigenvalue weighted by Crippen LogP contribution is 2.43. The third-order valence-corrected chi connectivity index (χ3v) is 5.65. The molecule has 0 radical (unpaired) electrons. The van der Waals surface area contributed by atoms with Crippen LogP contribution in [0.5, 0.6) is 28.7 Å². The molecule has 0 saturated heterocycles. The Bertz CT molecular complexity index is 1540. The van der Waals surface area contributed by atoms with Gasteiger partial charge in [-0.15, -0.1) is 20.5 Å². The smallest absolute Gasteiger partial charge is 0.150 e. The molecular weight excluding hydrogens is 518 g/mol. The summed E-state index contributed by atoms with van der Waals surface area (Å²) in [7, 11) is 2.96. The fourth-order valence-corrected chi connectivity index (χ4v) is 3.74. The Morgan fingerprint density at radius 2 is 1.25 bits per heavy atom. The van der Waals surface area contributed by atoms with Gasteiger partial charge in [0, 0.05) is 29.3 Å². The number of nitrogen functional groups attached to an aromatic ring is 1. The van der Waals surface area contributed by atoms with Crippen LogP contribution in [-0.2, 0) is 0 Å². The summed E-state index contributed by atoms with van der Waals surface area (Å²) in [5.41, 5.74) is 7.75. The molecule has 0 unspecified atom stereocenters. The lowest BCUT2D eigenvalue weighted by molar-refractivity contribution is 0.195. The molecule has 0 heterocycles. The van der Waals surface area contributed by atoms with Crippen molar-refractivity contribution in [2.45, 2.75) is 0 Å². The first kappa shape index (κ1) is 28.1. The molecule has 12 heteroatoms. The normalized spacial score (nSPS) is 11.4. The number of benzene rings is 4. The molecule has 208 valence electrons. The summed E-state index contributed by atoms with van der Waals surface area (Å²) in [6.45, 7) is -0.157. The summed E-state index contributed by atoms with van der Waals surface area (Å²) in [5.74, 6) is 1.47. The largest absolute Gasteiger partial charge is 0.505 e. The Morgan fingerprint density at radius 3 is 1.90 bits per heavy atom. The predicted octanol–water partition coefficient (Wildman–Crippen LogP) is 5.72. The fourth-order valence-electron chi connectivity index (χ4n) is 3.74. The number of aromatic hydroxyl groups is 1. The summed E-state index contributed by atoms with van der Waals surface area (Å²) in [6.07, 6.45) is 0. The number of methoxy groups -OCH3 is 2. The maximum absolute atomic E-state index is 10.7. The second-order valence-electron chi connectivity index (χ2n) is 8.28. The average molecular weight is 548 g/mol. The summed E-state index contributed by atoms with van der Waals surface area (Å²) in [6, 6.07) is 16.7. The van der Waals surface area contributed by atoms with Gasteiger partial charge in [0.15, 0.2) is 11.5 Å². The first-order valence-corrected chi connectivity index (χ1v) is 12.2. The zero-order chi connectivity index (χ0) is 28.5. The van der Waals surface area contributed by atoms with Crippen LogP contribution in [0.15, 0.2) is 81.1 Å². The molecule has 4 rings (SSSR count). The zero-order valence-electron chi connectivity index (χ0n) is 21.9. The van der Waals surface area contributed by atoms with Crippen LogP contribution in [0.1, 0.15) is 0 Å². The molecule has 0 bridgehead atoms. The Hall–Kier alpha value is -4.94. The van der Waals surface area contributed by atoms with Crippen molar-refractivity contribution in [2.24, 2.45) is 20.5 Å². The molecule has 0 atom stereocenters. The number of phenols is 1. The third kappa shape index (κ3) is 6.54. The first-order valence-electron chi connectivity index (χ1n) is 12.2. The molecule has 40 heavy (non-hydrogen) atoms. The number of hydrogen-bond acceptors (Lipinski definition) is 12. The van der Waals surface area contributed by atoms with E-state index in [1.807, 2.05) is 0 Å². The van der Waals surface area contributed by atoms with E-state index < -0.39 is 0 Å². The van der Waals surface area contributed by atoms with E-state index in [4.69, 9.17) is 34.9 Å². The molecule has 0 aliphatic heterocycles. The predicted molar refractivity (Wildman–Crippen MR) is 150 cm³/mol. The molecule has 12 nitrogen and oxygen atoms in total. The molecule has 4 aromatic carbocycles. The molecular formula is C28H29N5O7. The highest BCUT2D eigenvalue weighted by Gasteiger charge is 2.13. The molecule has 5 N–H and O–H groups in total. The van der Waals surface area contributed by atoms with Gasteiger partial charge in [-0.05, 0) is 41.8 Å². The fraction of sp³-hybridized carbons (Fsp3) is 0.214. The van der Waals surface area contributed by atoms with Crippen molar-refractivity contribution in [1.29, 1.82) is 0 Å². The van der Waals surface area contributed by atoms with E-state index in [0.717, 1.165) is 5.39 Å². The van der Waals surface area contributed by atoms with Crippen LogP contribution in [0.2, 0.25) is 0 Å². The SMILES string of the molecule is COc1cc(N=Nc2ccc3cc(N)ccc3c2O)c(OC)cc1N=Nc1ccc(OCCO)cc1OCCO. The topological polar surface area (TPSA) is 173 Å². The van der Waals surface area contributed by atoms with Gasteiger partial charge in [0.1, 0.15) is 53.2 Å². The number of fused-ring (bicyclic) bond motifs is 1. The second kappa shape index (κ2) is 13.2. The number of aliphatic hydroxyl groups is 2. The van der Waals surface area contributed by atoms with Gasteiger partial charge in [0.05, 0.1) is 27.4 Å². The quantitative estimate of drug-likeness (QED) is 0.129. The third-order valence-electron chi connectivity index (χ3n) is 5.65. The minimum absolute atomic E-state index is 0.0235. The lowest BCUT2D eigenvalue weighted by Crippen LogP contribution is -2.04. The highest BCUT2D eigenvalue weighted by molar-refractivity contribution is 5.94. The van der Waals surface area contributed by atoms with E-state index in [1.165, 1.54) is 14.2 Å². The maximum atomic E-state index is 10.7. The summed E-state index contributed by atoms with van der Waals surface area (Å²) >= 11 is 0. The summed E-state index contributed by atoms with van der Waals surface area (Å²) in [5, 5.41) is 47.3. The lowest BCUT2D eigenvalue weighted by Gasteiger charge is -2.11. The van der Waals surface area contributed by atoms with E-state index in [2.05, 4.69) is 20.5 Å². The number of aliphatic hydroxyl groups excluding tert-OH is 2. The van der Waals surface area contributed by atoms with Crippen molar-refractivity contribution in [2.75, 3.05) is 46.4 Å². The van der Waals surface area contributed by atoms with Gasteiger partial charge in [-0.25, -0.2) is 0 Å².